The zero-order valence-corrected chi connectivity index (χ0v) is 20.0. The molecule has 7 heteroatoms. The fraction of sp³-hybridized carbons (Fsp3) is 0.857. The fourth-order valence-corrected chi connectivity index (χ4v) is 4.81. The highest BCUT2D eigenvalue weighted by atomic mass is 127. The monoisotopic (exact) mass is 500 g/mol. The van der Waals surface area contributed by atoms with Gasteiger partial charge in [-0.25, -0.2) is 9.67 Å². The van der Waals surface area contributed by atoms with E-state index in [1.165, 1.54) is 38.5 Å². The molecule has 0 saturated heterocycles. The molecule has 2 fully saturated rings. The van der Waals surface area contributed by atoms with Crippen LogP contribution in [0.1, 0.15) is 83.3 Å². The number of nitrogens with one attached hydrogen (secondary N) is 2. The maximum absolute atomic E-state index is 4.72. The molecule has 3 unspecified atom stereocenters. The molecule has 2 aliphatic carbocycles. The van der Waals surface area contributed by atoms with Crippen LogP contribution in [0, 0.1) is 11.8 Å². The summed E-state index contributed by atoms with van der Waals surface area (Å²) >= 11 is 0. The second-order valence-corrected chi connectivity index (χ2v) is 8.97. The lowest BCUT2D eigenvalue weighted by molar-refractivity contribution is 0.315. The number of aromatic nitrogens is 3. The lowest BCUT2D eigenvalue weighted by atomic mass is 9.85. The zero-order valence-electron chi connectivity index (χ0n) is 17.7. The van der Waals surface area contributed by atoms with Crippen LogP contribution in [-0.2, 0) is 13.0 Å². The third-order valence-electron chi connectivity index (χ3n) is 6.47. The molecule has 1 aliphatic heterocycles. The number of aliphatic imine (C=N–C) groups is 1. The molecule has 2 saturated carbocycles. The van der Waals surface area contributed by atoms with Gasteiger partial charge in [0.05, 0.1) is 6.54 Å². The maximum Gasteiger partial charge on any atom is 0.191 e. The molecule has 158 valence electrons. The standard InChI is InChI=1S/C21H36N6.HI/c1-4-22-21(24-18-12-17(18)15-8-6-5-7-9-15)23-16-10-11-19-25-20(14(2)3)26-27(19)13-16;/h14-18H,4-13H2,1-3H3,(H2,22,23,24);1H. The molecule has 0 amide bonds. The lowest BCUT2D eigenvalue weighted by Gasteiger charge is -2.26. The van der Waals surface area contributed by atoms with Gasteiger partial charge < -0.3 is 10.6 Å². The quantitative estimate of drug-likeness (QED) is 0.366. The summed E-state index contributed by atoms with van der Waals surface area (Å²) in [6.07, 6.45) is 10.6. The minimum absolute atomic E-state index is 0. The van der Waals surface area contributed by atoms with Gasteiger partial charge in [0.2, 0.25) is 0 Å². The third-order valence-corrected chi connectivity index (χ3v) is 6.47. The Kier molecular flexibility index (Phi) is 7.61. The van der Waals surface area contributed by atoms with E-state index in [1.54, 1.807) is 0 Å². The molecule has 1 aromatic rings. The summed E-state index contributed by atoms with van der Waals surface area (Å²) in [7, 11) is 0. The summed E-state index contributed by atoms with van der Waals surface area (Å²) in [5.41, 5.74) is 0. The largest absolute Gasteiger partial charge is 0.353 e. The Bertz CT molecular complexity index is 664. The lowest BCUT2D eigenvalue weighted by Crippen LogP contribution is -2.48. The van der Waals surface area contributed by atoms with Crippen LogP contribution in [-0.4, -0.2) is 39.4 Å². The second kappa shape index (κ2) is 9.76. The van der Waals surface area contributed by atoms with Gasteiger partial charge in [-0.15, -0.1) is 24.0 Å². The Hall–Kier alpha value is -0.860. The minimum Gasteiger partial charge on any atom is -0.353 e. The highest BCUT2D eigenvalue weighted by Crippen LogP contribution is 2.44. The van der Waals surface area contributed by atoms with Gasteiger partial charge in [0, 0.05) is 31.0 Å². The molecule has 0 aromatic carbocycles. The SMILES string of the molecule is CCN=C(NC1CCc2nc(C(C)C)nn2C1)NC1CC1C1CCCCC1.I. The maximum atomic E-state index is 4.72. The van der Waals surface area contributed by atoms with Gasteiger partial charge in [-0.1, -0.05) is 46.0 Å². The van der Waals surface area contributed by atoms with Crippen molar-refractivity contribution in [3.05, 3.63) is 11.6 Å². The number of hydrogen-bond acceptors (Lipinski definition) is 3. The average Bonchev–Trinajstić information content (AvgIpc) is 3.29. The molecule has 28 heavy (non-hydrogen) atoms. The van der Waals surface area contributed by atoms with Crippen molar-refractivity contribution >= 4 is 29.9 Å². The third kappa shape index (κ3) is 5.19. The van der Waals surface area contributed by atoms with Crippen LogP contribution in [0.25, 0.3) is 0 Å². The van der Waals surface area contributed by atoms with E-state index in [1.807, 2.05) is 0 Å². The Morgan fingerprint density at radius 2 is 1.96 bits per heavy atom. The Morgan fingerprint density at radius 1 is 1.18 bits per heavy atom. The number of halogens is 1. The normalized spacial score (nSPS) is 27.9. The van der Waals surface area contributed by atoms with Crippen molar-refractivity contribution in [2.24, 2.45) is 16.8 Å². The van der Waals surface area contributed by atoms with Crippen molar-refractivity contribution in [3.63, 3.8) is 0 Å². The first-order chi connectivity index (χ1) is 13.1. The van der Waals surface area contributed by atoms with Gasteiger partial charge in [0.1, 0.15) is 5.82 Å². The van der Waals surface area contributed by atoms with Crippen LogP contribution in [0.3, 0.4) is 0 Å². The molecular formula is C21H37IN6. The molecule has 1 aromatic heterocycles. The molecular weight excluding hydrogens is 463 g/mol. The van der Waals surface area contributed by atoms with Crippen molar-refractivity contribution in [2.45, 2.75) is 96.7 Å². The van der Waals surface area contributed by atoms with Crippen LogP contribution in [0.4, 0.5) is 0 Å². The van der Waals surface area contributed by atoms with Crippen molar-refractivity contribution < 1.29 is 0 Å². The Balaban J connectivity index is 0.00000225. The molecule has 3 atom stereocenters. The van der Waals surface area contributed by atoms with E-state index < -0.39 is 0 Å². The summed E-state index contributed by atoms with van der Waals surface area (Å²) in [4.78, 5) is 9.42. The highest BCUT2D eigenvalue weighted by molar-refractivity contribution is 14.0. The predicted molar refractivity (Wildman–Crippen MR) is 124 cm³/mol. The van der Waals surface area contributed by atoms with Crippen LogP contribution in [0.15, 0.2) is 4.99 Å². The molecule has 0 radical (unpaired) electrons. The van der Waals surface area contributed by atoms with Crippen molar-refractivity contribution in [1.82, 2.24) is 25.4 Å². The number of aryl methyl sites for hydroxylation is 1. The molecule has 3 aliphatic rings. The highest BCUT2D eigenvalue weighted by Gasteiger charge is 2.43. The Labute approximate surface area is 186 Å². The van der Waals surface area contributed by atoms with Crippen molar-refractivity contribution in [1.29, 1.82) is 0 Å². The molecule has 0 bridgehead atoms. The van der Waals surface area contributed by atoms with E-state index in [0.29, 0.717) is 18.0 Å². The number of rotatable bonds is 5. The van der Waals surface area contributed by atoms with Crippen molar-refractivity contribution in [2.75, 3.05) is 6.54 Å². The first-order valence-electron chi connectivity index (χ1n) is 11.1. The first-order valence-corrected chi connectivity index (χ1v) is 11.1. The summed E-state index contributed by atoms with van der Waals surface area (Å²) in [5.74, 6) is 5.31. The van der Waals surface area contributed by atoms with E-state index in [9.17, 15) is 0 Å². The first kappa shape index (κ1) is 21.8. The molecule has 4 rings (SSSR count). The number of nitrogens with zero attached hydrogens (tertiary/aromatic N) is 4. The van der Waals surface area contributed by atoms with E-state index in [2.05, 4.69) is 36.1 Å². The topological polar surface area (TPSA) is 67.1 Å². The number of hydrogen-bond donors (Lipinski definition) is 2. The van der Waals surface area contributed by atoms with E-state index in [-0.39, 0.29) is 24.0 Å². The van der Waals surface area contributed by atoms with E-state index >= 15 is 0 Å². The van der Waals surface area contributed by atoms with Gasteiger partial charge in [-0.2, -0.15) is 5.10 Å². The van der Waals surface area contributed by atoms with Gasteiger partial charge in [-0.3, -0.25) is 4.99 Å². The van der Waals surface area contributed by atoms with Crippen LogP contribution in [0.2, 0.25) is 0 Å². The molecule has 6 nitrogen and oxygen atoms in total. The number of guanidine groups is 1. The summed E-state index contributed by atoms with van der Waals surface area (Å²) in [6, 6.07) is 1.01. The average molecular weight is 500 g/mol. The fourth-order valence-electron chi connectivity index (χ4n) is 4.81. The van der Waals surface area contributed by atoms with Crippen molar-refractivity contribution in [3.8, 4) is 0 Å². The van der Waals surface area contributed by atoms with Crippen LogP contribution < -0.4 is 10.6 Å². The summed E-state index contributed by atoms with van der Waals surface area (Å²) in [6.45, 7) is 8.13. The smallest absolute Gasteiger partial charge is 0.191 e. The number of fused-ring (bicyclic) bond motifs is 1. The molecule has 2 N–H and O–H groups in total. The molecule has 0 spiro atoms. The second-order valence-electron chi connectivity index (χ2n) is 8.97. The van der Waals surface area contributed by atoms with Crippen LogP contribution in [0.5, 0.6) is 0 Å². The van der Waals surface area contributed by atoms with E-state index in [0.717, 1.165) is 55.4 Å². The zero-order chi connectivity index (χ0) is 18.8. The predicted octanol–water partition coefficient (Wildman–Crippen LogP) is 3.86. The van der Waals surface area contributed by atoms with Gasteiger partial charge >= 0.3 is 0 Å². The molecule has 2 heterocycles. The van der Waals surface area contributed by atoms with Gasteiger partial charge in [-0.05, 0) is 31.6 Å². The van der Waals surface area contributed by atoms with Crippen LogP contribution >= 0.6 is 24.0 Å². The Morgan fingerprint density at radius 3 is 2.68 bits per heavy atom. The summed E-state index contributed by atoms with van der Waals surface area (Å²) in [5, 5.41) is 12.1. The minimum atomic E-state index is 0. The summed E-state index contributed by atoms with van der Waals surface area (Å²) < 4.78 is 2.10. The van der Waals surface area contributed by atoms with Gasteiger partial charge in [0.25, 0.3) is 0 Å². The van der Waals surface area contributed by atoms with E-state index in [4.69, 9.17) is 15.1 Å². The van der Waals surface area contributed by atoms with Gasteiger partial charge in [0.15, 0.2) is 11.8 Å².